The molecule has 1 unspecified atom stereocenters. The Kier molecular flexibility index (Phi) is 3.70. The maximum Gasteiger partial charge on any atom is 0.573 e. The highest BCUT2D eigenvalue weighted by Crippen LogP contribution is 2.26. The molecule has 0 aliphatic heterocycles. The summed E-state index contributed by atoms with van der Waals surface area (Å²) in [5.41, 5.74) is -0.567. The molecular formula is C7H5F4NO3S. The topological polar surface area (TPSA) is 58.6 Å². The van der Waals surface area contributed by atoms with Gasteiger partial charge in [0, 0.05) is 6.07 Å². The van der Waals surface area contributed by atoms with Crippen LogP contribution in [0.25, 0.3) is 0 Å². The van der Waals surface area contributed by atoms with E-state index in [0.29, 0.717) is 12.1 Å². The van der Waals surface area contributed by atoms with Gasteiger partial charge in [0.2, 0.25) is 0 Å². The van der Waals surface area contributed by atoms with Gasteiger partial charge in [-0.25, -0.2) is 8.60 Å². The molecule has 16 heavy (non-hydrogen) atoms. The van der Waals surface area contributed by atoms with E-state index in [2.05, 4.69) is 4.74 Å². The minimum absolute atomic E-state index is 0.567. The van der Waals surface area contributed by atoms with E-state index in [1.54, 1.807) is 4.72 Å². The first-order valence-electron chi connectivity index (χ1n) is 3.71. The maximum atomic E-state index is 12.9. The maximum absolute atomic E-state index is 12.9. The minimum atomic E-state index is -4.91. The molecule has 1 rings (SSSR count). The van der Waals surface area contributed by atoms with Crippen LogP contribution in [0, 0.1) is 5.82 Å². The normalized spacial score (nSPS) is 13.3. The van der Waals surface area contributed by atoms with Crippen LogP contribution in [0.3, 0.4) is 0 Å². The molecule has 1 aromatic rings. The van der Waals surface area contributed by atoms with E-state index in [-0.39, 0.29) is 0 Å². The average molecular weight is 259 g/mol. The number of nitrogens with one attached hydrogen (secondary N) is 1. The van der Waals surface area contributed by atoms with Crippen LogP contribution in [-0.2, 0) is 11.3 Å². The molecule has 0 fully saturated rings. The van der Waals surface area contributed by atoms with E-state index >= 15 is 0 Å². The van der Waals surface area contributed by atoms with Crippen molar-refractivity contribution < 1.29 is 31.1 Å². The first kappa shape index (κ1) is 12.7. The Bertz CT molecular complexity index is 409. The molecule has 0 saturated heterocycles. The smallest absolute Gasteiger partial charge is 0.406 e. The van der Waals surface area contributed by atoms with Gasteiger partial charge in [0.1, 0.15) is 11.6 Å². The number of anilines is 1. The van der Waals surface area contributed by atoms with Crippen LogP contribution in [-0.4, -0.2) is 15.1 Å². The van der Waals surface area contributed by atoms with Gasteiger partial charge in [-0.05, 0) is 12.1 Å². The summed E-state index contributed by atoms with van der Waals surface area (Å²) < 4.78 is 72.2. The predicted octanol–water partition coefficient (Wildman–Crippen LogP) is 2.27. The molecule has 0 bridgehead atoms. The highest BCUT2D eigenvalue weighted by Gasteiger charge is 2.31. The molecule has 0 spiro atoms. The molecule has 1 aromatic carbocycles. The van der Waals surface area contributed by atoms with Crippen LogP contribution in [0.1, 0.15) is 0 Å². The molecule has 9 heteroatoms. The Morgan fingerprint density at radius 3 is 2.50 bits per heavy atom. The molecular weight excluding hydrogens is 254 g/mol. The number of hydrogen-bond acceptors (Lipinski definition) is 2. The van der Waals surface area contributed by atoms with E-state index in [1.165, 1.54) is 0 Å². The number of alkyl halides is 3. The van der Waals surface area contributed by atoms with Gasteiger partial charge < -0.3 is 4.74 Å². The highest BCUT2D eigenvalue weighted by atomic mass is 32.2. The fraction of sp³-hybridized carbons (Fsp3) is 0.143. The molecule has 90 valence electrons. The van der Waals surface area contributed by atoms with Crippen molar-refractivity contribution in [2.45, 2.75) is 6.36 Å². The SMILES string of the molecule is O=S(O)Nc1cc(OC(F)(F)F)ccc1F. The lowest BCUT2D eigenvalue weighted by Gasteiger charge is -2.10. The van der Waals surface area contributed by atoms with Crippen molar-refractivity contribution in [1.82, 2.24) is 0 Å². The largest absolute Gasteiger partial charge is 0.573 e. The molecule has 0 saturated carbocycles. The van der Waals surface area contributed by atoms with E-state index in [0.717, 1.165) is 6.07 Å². The molecule has 1 atom stereocenters. The summed E-state index contributed by atoms with van der Waals surface area (Å²) in [7, 11) is 0. The summed E-state index contributed by atoms with van der Waals surface area (Å²) in [6, 6.07) is 2.04. The van der Waals surface area contributed by atoms with Crippen LogP contribution < -0.4 is 9.46 Å². The number of halogens is 4. The Morgan fingerprint density at radius 2 is 2.00 bits per heavy atom. The number of rotatable bonds is 3. The second kappa shape index (κ2) is 4.66. The standard InChI is InChI=1S/C7H5F4NO3S/c8-5-2-1-4(15-7(9,10)11)3-6(5)12-16(13)14/h1-3,12H,(H,13,14). The fourth-order valence-electron chi connectivity index (χ4n) is 0.874. The Morgan fingerprint density at radius 1 is 1.38 bits per heavy atom. The van der Waals surface area contributed by atoms with Crippen molar-refractivity contribution in [2.75, 3.05) is 4.72 Å². The van der Waals surface area contributed by atoms with E-state index in [9.17, 15) is 21.8 Å². The molecule has 4 nitrogen and oxygen atoms in total. The quantitative estimate of drug-likeness (QED) is 0.646. The van der Waals surface area contributed by atoms with Gasteiger partial charge in [-0.2, -0.15) is 0 Å². The van der Waals surface area contributed by atoms with Crippen molar-refractivity contribution in [1.29, 1.82) is 0 Å². The Hall–Kier alpha value is -1.35. The van der Waals surface area contributed by atoms with Gasteiger partial charge in [-0.15, -0.1) is 13.2 Å². The summed E-state index contributed by atoms with van der Waals surface area (Å²) in [6.07, 6.45) is -4.91. The molecule has 0 aliphatic carbocycles. The molecule has 0 aliphatic rings. The lowest BCUT2D eigenvalue weighted by Crippen LogP contribution is -2.17. The van der Waals surface area contributed by atoms with Crippen molar-refractivity contribution in [2.24, 2.45) is 0 Å². The minimum Gasteiger partial charge on any atom is -0.406 e. The van der Waals surface area contributed by atoms with Gasteiger partial charge in [0.15, 0.2) is 0 Å². The highest BCUT2D eigenvalue weighted by molar-refractivity contribution is 7.80. The molecule has 0 amide bonds. The Balaban J connectivity index is 2.93. The van der Waals surface area contributed by atoms with Crippen LogP contribution in [0.5, 0.6) is 5.75 Å². The first-order chi connectivity index (χ1) is 7.28. The third-order valence-corrected chi connectivity index (χ3v) is 1.76. The van der Waals surface area contributed by atoms with Crippen LogP contribution in [0.4, 0.5) is 23.2 Å². The predicted molar refractivity (Wildman–Crippen MR) is 47.5 cm³/mol. The summed E-state index contributed by atoms with van der Waals surface area (Å²) in [6.45, 7) is 0. The van der Waals surface area contributed by atoms with Gasteiger partial charge in [0.05, 0.1) is 5.69 Å². The Labute approximate surface area is 89.6 Å². The van der Waals surface area contributed by atoms with Crippen LogP contribution in [0.15, 0.2) is 18.2 Å². The summed E-state index contributed by atoms with van der Waals surface area (Å²) in [5, 5.41) is 0. The number of ether oxygens (including phenoxy) is 1. The van der Waals surface area contributed by atoms with Gasteiger partial charge in [-0.3, -0.25) is 9.27 Å². The molecule has 0 radical (unpaired) electrons. The average Bonchev–Trinajstić information content (AvgIpc) is 2.07. The zero-order valence-corrected chi connectivity index (χ0v) is 8.23. The van der Waals surface area contributed by atoms with Crippen LogP contribution >= 0.6 is 0 Å². The van der Waals surface area contributed by atoms with Gasteiger partial charge >= 0.3 is 6.36 Å². The zero-order valence-electron chi connectivity index (χ0n) is 7.42. The van der Waals surface area contributed by atoms with Crippen molar-refractivity contribution in [3.8, 4) is 5.75 Å². The molecule has 2 N–H and O–H groups in total. The first-order valence-corrected chi connectivity index (χ1v) is 4.81. The molecule has 0 heterocycles. The lowest BCUT2D eigenvalue weighted by atomic mass is 10.3. The van der Waals surface area contributed by atoms with Gasteiger partial charge in [0.25, 0.3) is 11.3 Å². The third kappa shape index (κ3) is 4.03. The second-order valence-electron chi connectivity index (χ2n) is 2.54. The summed E-state index contributed by atoms with van der Waals surface area (Å²) in [5.74, 6) is -1.67. The number of hydrogen-bond donors (Lipinski definition) is 2. The van der Waals surface area contributed by atoms with E-state index < -0.39 is 34.9 Å². The molecule has 0 aromatic heterocycles. The summed E-state index contributed by atoms with van der Waals surface area (Å²) >= 11 is -2.59. The number of benzene rings is 1. The van der Waals surface area contributed by atoms with E-state index in [4.69, 9.17) is 4.55 Å². The van der Waals surface area contributed by atoms with Crippen molar-refractivity contribution in [3.63, 3.8) is 0 Å². The monoisotopic (exact) mass is 259 g/mol. The van der Waals surface area contributed by atoms with Gasteiger partial charge in [-0.1, -0.05) is 0 Å². The van der Waals surface area contributed by atoms with Crippen molar-refractivity contribution >= 4 is 17.0 Å². The third-order valence-electron chi connectivity index (χ3n) is 1.37. The van der Waals surface area contributed by atoms with Crippen LogP contribution in [0.2, 0.25) is 0 Å². The summed E-state index contributed by atoms with van der Waals surface area (Å²) in [4.78, 5) is 0. The second-order valence-corrected chi connectivity index (χ2v) is 3.24. The van der Waals surface area contributed by atoms with Crippen molar-refractivity contribution in [3.05, 3.63) is 24.0 Å². The zero-order chi connectivity index (χ0) is 12.3. The van der Waals surface area contributed by atoms with E-state index in [1.807, 2.05) is 0 Å². The lowest BCUT2D eigenvalue weighted by molar-refractivity contribution is -0.274. The fourth-order valence-corrected chi connectivity index (χ4v) is 1.22.